The lowest BCUT2D eigenvalue weighted by molar-refractivity contribution is -0.118. The molecule has 1 aromatic carbocycles. The highest BCUT2D eigenvalue weighted by atomic mass is 16.5. The molecule has 1 aliphatic heterocycles. The average molecular weight is 261 g/mol. The molecular formula is C14H19N3O2. The molecule has 0 atom stereocenters. The molecule has 5 nitrogen and oxygen atoms in total. The summed E-state index contributed by atoms with van der Waals surface area (Å²) < 4.78 is 5.35. The van der Waals surface area contributed by atoms with E-state index in [-0.39, 0.29) is 5.91 Å². The quantitative estimate of drug-likeness (QED) is 0.659. The summed E-state index contributed by atoms with van der Waals surface area (Å²) in [6.07, 6.45) is 1.67. The lowest BCUT2D eigenvalue weighted by Gasteiger charge is -2.29. The van der Waals surface area contributed by atoms with Gasteiger partial charge in [-0.2, -0.15) is 5.10 Å². The third-order valence-corrected chi connectivity index (χ3v) is 3.06. The van der Waals surface area contributed by atoms with Crippen LogP contribution in [0.2, 0.25) is 0 Å². The van der Waals surface area contributed by atoms with Crippen LogP contribution < -0.4 is 10.3 Å². The molecular weight excluding hydrogens is 242 g/mol. The van der Waals surface area contributed by atoms with Gasteiger partial charge in [-0.15, -0.1) is 0 Å². The van der Waals surface area contributed by atoms with Crippen molar-refractivity contribution >= 4 is 17.8 Å². The van der Waals surface area contributed by atoms with E-state index >= 15 is 0 Å². The molecule has 0 spiro atoms. The Morgan fingerprint density at radius 1 is 1.42 bits per heavy atom. The van der Waals surface area contributed by atoms with E-state index in [0.717, 1.165) is 37.4 Å². The topological polar surface area (TPSA) is 53.9 Å². The number of amides is 1. The van der Waals surface area contributed by atoms with Crippen LogP contribution >= 0.6 is 0 Å². The highest BCUT2D eigenvalue weighted by Gasteiger charge is 2.11. The average Bonchev–Trinajstić information content (AvgIpc) is 2.41. The molecule has 1 N–H and O–H groups in total. The molecule has 0 radical (unpaired) electrons. The van der Waals surface area contributed by atoms with E-state index in [4.69, 9.17) is 4.74 Å². The monoisotopic (exact) mass is 261 g/mol. The molecule has 1 fully saturated rings. The van der Waals surface area contributed by atoms with E-state index in [1.54, 1.807) is 6.21 Å². The number of aryl methyl sites for hydroxylation is 1. The third-order valence-electron chi connectivity index (χ3n) is 3.06. The maximum Gasteiger partial charge on any atom is 0.236 e. The Labute approximate surface area is 113 Å². The van der Waals surface area contributed by atoms with Crippen LogP contribution in [0.15, 0.2) is 23.3 Å². The highest BCUT2D eigenvalue weighted by Crippen LogP contribution is 2.19. The van der Waals surface area contributed by atoms with E-state index in [9.17, 15) is 4.79 Å². The number of hydrogen-bond acceptors (Lipinski definition) is 4. The smallest absolute Gasteiger partial charge is 0.236 e. The van der Waals surface area contributed by atoms with Gasteiger partial charge in [0.2, 0.25) is 5.91 Å². The molecule has 0 saturated carbocycles. The molecule has 102 valence electrons. The lowest BCUT2D eigenvalue weighted by atomic mass is 10.1. The summed E-state index contributed by atoms with van der Waals surface area (Å²) in [4.78, 5) is 13.0. The maximum absolute atomic E-state index is 10.7. The predicted octanol–water partition coefficient (Wildman–Crippen LogP) is 1.30. The molecule has 19 heavy (non-hydrogen) atoms. The number of benzene rings is 1. The van der Waals surface area contributed by atoms with Crippen molar-refractivity contribution < 1.29 is 9.53 Å². The van der Waals surface area contributed by atoms with Gasteiger partial charge in [0.25, 0.3) is 0 Å². The Balaban J connectivity index is 2.07. The second-order valence-corrected chi connectivity index (χ2v) is 4.57. The molecule has 0 aromatic heterocycles. The van der Waals surface area contributed by atoms with Gasteiger partial charge in [0.05, 0.1) is 19.4 Å². The largest absolute Gasteiger partial charge is 0.378 e. The molecule has 2 rings (SSSR count). The fourth-order valence-electron chi connectivity index (χ4n) is 2.02. The molecule has 1 amide bonds. The van der Waals surface area contributed by atoms with Crippen LogP contribution in [0.25, 0.3) is 0 Å². The summed E-state index contributed by atoms with van der Waals surface area (Å²) in [6, 6.07) is 6.24. The summed E-state index contributed by atoms with van der Waals surface area (Å²) in [6.45, 7) is 6.90. The van der Waals surface area contributed by atoms with Crippen molar-refractivity contribution in [1.82, 2.24) is 5.43 Å². The minimum atomic E-state index is -0.168. The molecule has 0 aliphatic carbocycles. The second-order valence-electron chi connectivity index (χ2n) is 4.57. The van der Waals surface area contributed by atoms with Crippen LogP contribution in [0, 0.1) is 6.92 Å². The summed E-state index contributed by atoms with van der Waals surface area (Å²) >= 11 is 0. The van der Waals surface area contributed by atoms with Gasteiger partial charge in [0.15, 0.2) is 0 Å². The van der Waals surface area contributed by atoms with Crippen molar-refractivity contribution in [2.75, 3.05) is 31.2 Å². The maximum atomic E-state index is 10.7. The van der Waals surface area contributed by atoms with Gasteiger partial charge in [-0.1, -0.05) is 6.07 Å². The first kappa shape index (κ1) is 13.5. The van der Waals surface area contributed by atoms with Crippen LogP contribution in [0.3, 0.4) is 0 Å². The first-order valence-electron chi connectivity index (χ1n) is 6.40. The second kappa shape index (κ2) is 6.33. The van der Waals surface area contributed by atoms with Crippen molar-refractivity contribution in [3.8, 4) is 0 Å². The fraction of sp³-hybridized carbons (Fsp3) is 0.429. The Morgan fingerprint density at radius 3 is 2.79 bits per heavy atom. The zero-order valence-corrected chi connectivity index (χ0v) is 11.3. The number of anilines is 1. The van der Waals surface area contributed by atoms with Gasteiger partial charge >= 0.3 is 0 Å². The van der Waals surface area contributed by atoms with Gasteiger partial charge in [-0.3, -0.25) is 4.79 Å². The lowest BCUT2D eigenvalue weighted by Crippen LogP contribution is -2.36. The summed E-state index contributed by atoms with van der Waals surface area (Å²) in [7, 11) is 0. The number of rotatable bonds is 3. The number of carbonyl (C=O) groups is 1. The van der Waals surface area contributed by atoms with Crippen LogP contribution in [0.4, 0.5) is 5.69 Å². The first-order valence-corrected chi connectivity index (χ1v) is 6.40. The molecule has 0 bridgehead atoms. The number of carbonyl (C=O) groups excluding carboxylic acids is 1. The van der Waals surface area contributed by atoms with Crippen LogP contribution in [0.1, 0.15) is 18.1 Å². The standard InChI is InChI=1S/C14H19N3O2/c1-11-9-14(17-5-7-19-8-6-17)4-3-13(11)10-15-16-12(2)18/h3-4,9-10H,5-8H2,1-2H3,(H,16,18)/b15-10-. The van der Waals surface area contributed by atoms with Crippen molar-refractivity contribution in [1.29, 1.82) is 0 Å². The summed E-state index contributed by atoms with van der Waals surface area (Å²) in [5, 5.41) is 3.89. The predicted molar refractivity (Wildman–Crippen MR) is 75.6 cm³/mol. The SMILES string of the molecule is CC(=O)N/N=C\c1ccc(N2CCOCC2)cc1C. The number of nitrogens with zero attached hydrogens (tertiary/aromatic N) is 2. The van der Waals surface area contributed by atoms with Crippen LogP contribution in [-0.2, 0) is 9.53 Å². The van der Waals surface area contributed by atoms with E-state index in [2.05, 4.69) is 27.6 Å². The van der Waals surface area contributed by atoms with E-state index in [1.165, 1.54) is 12.6 Å². The Bertz CT molecular complexity index is 480. The number of morpholine rings is 1. The molecule has 1 heterocycles. The zero-order chi connectivity index (χ0) is 13.7. The number of ether oxygens (including phenoxy) is 1. The highest BCUT2D eigenvalue weighted by molar-refractivity contribution is 5.84. The van der Waals surface area contributed by atoms with E-state index < -0.39 is 0 Å². The molecule has 0 unspecified atom stereocenters. The van der Waals surface area contributed by atoms with E-state index in [1.807, 2.05) is 13.0 Å². The molecule has 5 heteroatoms. The normalized spacial score (nSPS) is 15.8. The number of nitrogens with one attached hydrogen (secondary N) is 1. The third kappa shape index (κ3) is 3.79. The van der Waals surface area contributed by atoms with Crippen LogP contribution in [-0.4, -0.2) is 38.4 Å². The Hall–Kier alpha value is -1.88. The van der Waals surface area contributed by atoms with Gasteiger partial charge in [0.1, 0.15) is 0 Å². The fourth-order valence-corrected chi connectivity index (χ4v) is 2.02. The van der Waals surface area contributed by atoms with Crippen molar-refractivity contribution in [2.45, 2.75) is 13.8 Å². The first-order chi connectivity index (χ1) is 9.16. The minimum absolute atomic E-state index is 0.168. The summed E-state index contributed by atoms with van der Waals surface area (Å²) in [5.41, 5.74) is 5.75. The Kier molecular flexibility index (Phi) is 4.52. The number of hydrogen-bond donors (Lipinski definition) is 1. The van der Waals surface area contributed by atoms with Gasteiger partial charge in [0, 0.05) is 25.7 Å². The Morgan fingerprint density at radius 2 is 2.16 bits per heavy atom. The molecule has 1 aliphatic rings. The number of hydrazone groups is 1. The van der Waals surface area contributed by atoms with Gasteiger partial charge in [-0.05, 0) is 30.2 Å². The van der Waals surface area contributed by atoms with E-state index in [0.29, 0.717) is 0 Å². The van der Waals surface area contributed by atoms with Gasteiger partial charge < -0.3 is 9.64 Å². The minimum Gasteiger partial charge on any atom is -0.378 e. The molecule has 1 saturated heterocycles. The van der Waals surface area contributed by atoms with Crippen molar-refractivity contribution in [2.24, 2.45) is 5.10 Å². The van der Waals surface area contributed by atoms with Gasteiger partial charge in [-0.25, -0.2) is 5.43 Å². The zero-order valence-electron chi connectivity index (χ0n) is 11.3. The molecule has 1 aromatic rings. The summed E-state index contributed by atoms with van der Waals surface area (Å²) in [5.74, 6) is -0.168. The van der Waals surface area contributed by atoms with Crippen molar-refractivity contribution in [3.63, 3.8) is 0 Å². The van der Waals surface area contributed by atoms with Crippen LogP contribution in [0.5, 0.6) is 0 Å². The van der Waals surface area contributed by atoms with Crippen molar-refractivity contribution in [3.05, 3.63) is 29.3 Å².